The van der Waals surface area contributed by atoms with Gasteiger partial charge in [0.15, 0.2) is 0 Å². The number of hydrogen-bond donors (Lipinski definition) is 11. The summed E-state index contributed by atoms with van der Waals surface area (Å²) in [6.07, 6.45) is 10.8. The lowest BCUT2D eigenvalue weighted by atomic mass is 9.99. The van der Waals surface area contributed by atoms with Crippen LogP contribution in [-0.4, -0.2) is 177 Å². The number of aliphatic carboxylic acids is 1. The number of anilines is 2. The van der Waals surface area contributed by atoms with Crippen molar-refractivity contribution in [3.05, 3.63) is 177 Å². The van der Waals surface area contributed by atoms with Crippen molar-refractivity contribution in [2.75, 3.05) is 58.1 Å². The fourth-order valence-corrected chi connectivity index (χ4v) is 13.6. The molecule has 6 aliphatic rings. The van der Waals surface area contributed by atoms with Gasteiger partial charge in [0.25, 0.3) is 35.4 Å². The van der Waals surface area contributed by atoms with Gasteiger partial charge in [-0.25, -0.2) is 17.6 Å². The van der Waals surface area contributed by atoms with Crippen LogP contribution in [0.3, 0.4) is 0 Å². The van der Waals surface area contributed by atoms with Gasteiger partial charge in [-0.05, 0) is 149 Å². The summed E-state index contributed by atoms with van der Waals surface area (Å²) in [4.78, 5) is 166. The number of pyridine rings is 4. The number of carboxylic acids is 1. The first kappa shape index (κ1) is 84.2. The molecular weight excluding hydrogens is 1510 g/mol. The Bertz CT molecular complexity index is 5210. The Kier molecular flexibility index (Phi) is 28.2. The number of fused-ring (bicyclic) bond motifs is 4. The topological polar surface area (TPSA) is 417 Å². The van der Waals surface area contributed by atoms with Crippen molar-refractivity contribution in [1.82, 2.24) is 67.0 Å². The number of unbranched alkanes of at least 4 members (excludes halogenated alkanes) is 2. The van der Waals surface area contributed by atoms with Crippen molar-refractivity contribution >= 4 is 104 Å². The van der Waals surface area contributed by atoms with Crippen molar-refractivity contribution < 1.29 is 86.0 Å². The molecule has 2 saturated carbocycles. The van der Waals surface area contributed by atoms with Crippen LogP contribution in [0.15, 0.2) is 97.3 Å². The smallest absolute Gasteiger partial charge is 0.303 e. The van der Waals surface area contributed by atoms with Crippen molar-refractivity contribution in [2.45, 2.75) is 147 Å². The number of rotatable bonds is 27. The number of hydrogen-bond acceptors (Lipinski definition) is 19. The van der Waals surface area contributed by atoms with Gasteiger partial charge < -0.3 is 57.9 Å². The molecule has 4 aromatic carbocycles. The van der Waals surface area contributed by atoms with Crippen LogP contribution in [0.1, 0.15) is 184 Å². The van der Waals surface area contributed by atoms with Gasteiger partial charge in [0.1, 0.15) is 35.4 Å². The van der Waals surface area contributed by atoms with Crippen LogP contribution in [0.4, 0.5) is 33.3 Å². The van der Waals surface area contributed by atoms with Crippen LogP contribution in [0.5, 0.6) is 0 Å². The number of amides is 11. The largest absolute Gasteiger partial charge is 0.481 e. The third-order valence-electron chi connectivity index (χ3n) is 20.0. The predicted octanol–water partition coefficient (Wildman–Crippen LogP) is 8.19. The molecule has 4 fully saturated rings. The Morgan fingerprint density at radius 3 is 1.33 bits per heavy atom. The van der Waals surface area contributed by atoms with E-state index in [0.29, 0.717) is 130 Å². The van der Waals surface area contributed by atoms with Gasteiger partial charge in [0.2, 0.25) is 29.5 Å². The Hall–Kier alpha value is -12.8. The number of nitrogens with two attached hydrogens (primary N) is 1. The molecule has 8 heterocycles. The highest BCUT2D eigenvalue weighted by Crippen LogP contribution is 2.37. The van der Waals surface area contributed by atoms with Gasteiger partial charge >= 0.3 is 5.97 Å². The summed E-state index contributed by atoms with van der Waals surface area (Å²) in [5, 5.41) is 34.3. The lowest BCUT2D eigenvalue weighted by molar-refractivity contribution is -0.138. The molecule has 34 heteroatoms. The SMILES string of the molecule is C.CNc1c(C(=O)NC2CC2)cnc2cc(F)c(-c3ccc(C(=O)NCCCCN)c(F)c3)cc12.CNc1c(C(=O)NC2CC2)cnc2cc(F)c(-c3ccc(C(=O)NCCCCNC(=O)CCc4ccc5c(n4)CN(C4CCC(=O)NC4=O)C5=O)c(F)c3)cc12.O=C(O)CCc1ccc2c(n1)CN(C1CCC(=O)NC1=O)C2=O.[2H]CF. The number of aromatic nitrogens is 4. The van der Waals surface area contributed by atoms with Crippen molar-refractivity contribution in [2.24, 2.45) is 5.73 Å². The molecule has 0 bridgehead atoms. The molecule has 2 aliphatic carbocycles. The summed E-state index contributed by atoms with van der Waals surface area (Å²) < 4.78 is 75.7. The number of aryl methyl sites for hydroxylation is 2. The van der Waals surface area contributed by atoms with Gasteiger partial charge in [0, 0.05) is 129 Å². The Labute approximate surface area is 664 Å². The molecule has 4 aromatic heterocycles. The maximum atomic E-state index is 15.2. The number of alkyl halides is 1. The third kappa shape index (κ3) is 20.6. The number of carbonyl (C=O) groups is 12. The number of carbonyl (C=O) groups excluding carboxylic acids is 11. The maximum Gasteiger partial charge on any atom is 0.303 e. The number of benzene rings is 4. The molecule has 0 spiro atoms. The van der Waals surface area contributed by atoms with E-state index in [4.69, 9.17) is 12.2 Å². The summed E-state index contributed by atoms with van der Waals surface area (Å²) in [5.41, 5.74) is 11.3. The van der Waals surface area contributed by atoms with E-state index in [1.54, 1.807) is 44.4 Å². The molecule has 12 N–H and O–H groups in total. The molecule has 4 aliphatic heterocycles. The van der Waals surface area contributed by atoms with Gasteiger partial charge in [-0.1, -0.05) is 19.6 Å². The summed E-state index contributed by atoms with van der Waals surface area (Å²) in [5.74, 6) is -7.84. The molecule has 2 saturated heterocycles. The van der Waals surface area contributed by atoms with Crippen molar-refractivity contribution in [1.29, 1.82) is 0 Å². The first-order valence-corrected chi connectivity index (χ1v) is 37.5. The molecule has 14 rings (SSSR count). The van der Waals surface area contributed by atoms with E-state index < -0.39 is 72.1 Å². The molecule has 11 amide bonds. The number of carboxylic acid groups (broad SMARTS) is 1. The number of nitrogens with zero attached hydrogens (tertiary/aromatic N) is 6. The first-order chi connectivity index (χ1) is 55.8. The first-order valence-electron chi connectivity index (χ1n) is 38.2. The van der Waals surface area contributed by atoms with Crippen LogP contribution in [-0.2, 0) is 54.7 Å². The molecule has 29 nitrogen and oxygen atoms in total. The zero-order valence-electron chi connectivity index (χ0n) is 63.8. The minimum absolute atomic E-state index is 0. The van der Waals surface area contributed by atoms with Gasteiger partial charge in [-0.3, -0.25) is 92.5 Å². The Balaban J connectivity index is 0.000000200. The number of halogens is 5. The van der Waals surface area contributed by atoms with E-state index in [0.717, 1.165) is 44.2 Å². The normalized spacial score (nSPS) is 15.9. The molecule has 2 unspecified atom stereocenters. The second-order valence-electron chi connectivity index (χ2n) is 28.0. The summed E-state index contributed by atoms with van der Waals surface area (Å²) in [6, 6.07) is 18.9. The lowest BCUT2D eigenvalue weighted by Crippen LogP contribution is -2.52. The number of piperidine rings is 2. The van der Waals surface area contributed by atoms with Crippen LogP contribution in [0, 0.1) is 23.3 Å². The fourth-order valence-electron chi connectivity index (χ4n) is 13.6. The van der Waals surface area contributed by atoms with Crippen molar-refractivity contribution in [3.8, 4) is 22.3 Å². The summed E-state index contributed by atoms with van der Waals surface area (Å²) in [7, 11) is 2.33. The van der Waals surface area contributed by atoms with E-state index in [1.165, 1.54) is 64.7 Å². The van der Waals surface area contributed by atoms with Gasteiger partial charge in [-0.15, -0.1) is 0 Å². The monoisotopic (exact) mass is 1600 g/mol. The van der Waals surface area contributed by atoms with Crippen LogP contribution in [0.2, 0.25) is 0 Å². The van der Waals surface area contributed by atoms with Crippen LogP contribution in [0.25, 0.3) is 44.1 Å². The minimum atomic E-state index is -1.00. The second kappa shape index (κ2) is 38.9. The van der Waals surface area contributed by atoms with E-state index in [2.05, 4.69) is 67.8 Å². The number of imide groups is 2. The Morgan fingerprint density at radius 1 is 0.526 bits per heavy atom. The highest BCUT2D eigenvalue weighted by molar-refractivity contribution is 6.11. The minimum Gasteiger partial charge on any atom is -0.481 e. The van der Waals surface area contributed by atoms with Crippen LogP contribution < -0.4 is 53.6 Å². The maximum absolute atomic E-state index is 15.2. The van der Waals surface area contributed by atoms with E-state index in [9.17, 15) is 70.7 Å². The molecular formula is C82H89F5N16O13. The fraction of sp³-hybridized carbons (Fsp3) is 0.366. The quantitative estimate of drug-likeness (QED) is 0.0131. The Morgan fingerprint density at radius 2 is 0.940 bits per heavy atom. The molecule has 0 radical (unpaired) electrons. The average molecular weight is 1600 g/mol. The second-order valence-corrected chi connectivity index (χ2v) is 28.0. The molecule has 610 valence electrons. The zero-order valence-corrected chi connectivity index (χ0v) is 62.8. The summed E-state index contributed by atoms with van der Waals surface area (Å²) in [6.45, 7) is 1.86. The predicted molar refractivity (Wildman–Crippen MR) is 418 cm³/mol. The zero-order chi connectivity index (χ0) is 83.0. The van der Waals surface area contributed by atoms with Gasteiger partial charge in [0.05, 0.1) is 95.2 Å². The van der Waals surface area contributed by atoms with Crippen molar-refractivity contribution in [3.63, 3.8) is 0 Å². The third-order valence-corrected chi connectivity index (χ3v) is 20.0. The number of nitrogens with one attached hydrogen (secondary N) is 9. The molecule has 116 heavy (non-hydrogen) atoms. The lowest BCUT2D eigenvalue weighted by Gasteiger charge is -2.29. The van der Waals surface area contributed by atoms with Crippen LogP contribution >= 0.6 is 0 Å². The van der Waals surface area contributed by atoms with Gasteiger partial charge in [-0.2, -0.15) is 0 Å². The van der Waals surface area contributed by atoms with E-state index >= 15 is 8.78 Å². The molecule has 2 atom stereocenters. The van der Waals surface area contributed by atoms with E-state index in [-0.39, 0.29) is 152 Å². The standard InChI is InChI=1S/C40H40F2N8O6.C25H27F2N5O2.C15H15N3O5.CH3F.CH4/c1-43-36-27-17-26(30(42)18-31(27)46-19-28(36)38(54)48-23-5-6-23)21-4-9-24(29(41)16-21)37(53)45-15-3-2-14-44-34(51)12-8-22-7-10-25-32(47-22)20-50(40(25)56)33-11-13-35(52)49-39(33)55;1-29-23-18-11-17(14-4-7-16(20(26)10-14)24(33)30-9-3-2-8-28)21(27)12-22(18)31-13-19(23)25(34)32-15-5-6-15;19-12-5-4-11(14(22)17-12)18-7-10-9(15(18)23)3-1-8(16-10)2-6-13(20)21;1-2;/h4,7,9-10,16-19,23,33H,2-3,5-6,8,11-15,20H2,1H3,(H,43,46)(H,44,51)(H,45,53)(H,48,54)(H,49,52,55);4,7,10-13,15H,2-3,5-6,8-9,28H2,1H3,(H,29,31)(H,30,33)(H,32,34);1,3,11H,2,4-7H2,(H,20,21)(H,17,19,22);1H3;1H4/i;;;1D;. The average Bonchev–Trinajstić information content (AvgIpc) is 1.24. The summed E-state index contributed by atoms with van der Waals surface area (Å²) >= 11 is 0. The highest BCUT2D eigenvalue weighted by Gasteiger charge is 2.42. The molecule has 8 aromatic rings. The van der Waals surface area contributed by atoms with E-state index in [1.807, 2.05) is 0 Å². The highest BCUT2D eigenvalue weighted by atomic mass is 19.1.